The van der Waals surface area contributed by atoms with Gasteiger partial charge in [0.1, 0.15) is 11.3 Å². The third-order valence-corrected chi connectivity index (χ3v) is 3.81. The number of halogens is 1. The molecule has 2 N–H and O–H groups in total. The maximum atomic E-state index is 5.85. The van der Waals surface area contributed by atoms with E-state index in [1.54, 1.807) is 12.4 Å². The second-order valence-electron chi connectivity index (χ2n) is 4.29. The van der Waals surface area contributed by atoms with Crippen molar-refractivity contribution in [2.75, 3.05) is 5.73 Å². The van der Waals surface area contributed by atoms with Crippen LogP contribution in [0.25, 0.3) is 22.3 Å². The van der Waals surface area contributed by atoms with Crippen LogP contribution >= 0.6 is 15.9 Å². The van der Waals surface area contributed by atoms with Crippen LogP contribution in [0.15, 0.2) is 41.1 Å². The minimum Gasteiger partial charge on any atom is -0.382 e. The number of aromatic nitrogens is 3. The highest BCUT2D eigenvalue weighted by atomic mass is 79.9. The van der Waals surface area contributed by atoms with E-state index in [1.807, 2.05) is 31.2 Å². The summed E-state index contributed by atoms with van der Waals surface area (Å²) in [5, 5.41) is 0.891. The molecule has 0 radical (unpaired) electrons. The van der Waals surface area contributed by atoms with Crippen LogP contribution in [0.2, 0.25) is 0 Å². The first kappa shape index (κ1) is 12.0. The number of anilines is 1. The van der Waals surface area contributed by atoms with Gasteiger partial charge >= 0.3 is 0 Å². The minimum absolute atomic E-state index is 0.423. The monoisotopic (exact) mass is 314 g/mol. The predicted molar refractivity (Wildman–Crippen MR) is 79.6 cm³/mol. The van der Waals surface area contributed by atoms with Crippen LogP contribution in [0, 0.1) is 6.92 Å². The molecule has 0 saturated heterocycles. The van der Waals surface area contributed by atoms with Gasteiger partial charge in [0.15, 0.2) is 5.82 Å². The van der Waals surface area contributed by atoms with E-state index in [-0.39, 0.29) is 0 Å². The number of benzene rings is 1. The molecular weight excluding hydrogens is 304 g/mol. The molecule has 3 rings (SSSR count). The third-order valence-electron chi connectivity index (χ3n) is 2.96. The van der Waals surface area contributed by atoms with Crippen molar-refractivity contribution < 1.29 is 0 Å². The molecule has 2 aromatic heterocycles. The highest BCUT2D eigenvalue weighted by molar-refractivity contribution is 9.10. The Morgan fingerprint density at radius 3 is 2.79 bits per heavy atom. The summed E-state index contributed by atoms with van der Waals surface area (Å²) in [7, 11) is 0. The molecular formula is C14H11BrN4. The number of hydrogen-bond donors (Lipinski definition) is 1. The highest BCUT2D eigenvalue weighted by Gasteiger charge is 2.07. The third kappa shape index (κ3) is 2.17. The Morgan fingerprint density at radius 2 is 2.00 bits per heavy atom. The maximum Gasteiger partial charge on any atom is 0.159 e. The van der Waals surface area contributed by atoms with Gasteiger partial charge in [-0.05, 0) is 24.6 Å². The number of nitrogens with zero attached hydrogens (tertiary/aromatic N) is 3. The minimum atomic E-state index is 0.423. The van der Waals surface area contributed by atoms with Gasteiger partial charge in [0.05, 0.1) is 0 Å². The molecule has 0 amide bonds. The van der Waals surface area contributed by atoms with Crippen molar-refractivity contribution in [1.82, 2.24) is 15.0 Å². The molecule has 0 saturated carbocycles. The molecule has 0 atom stereocenters. The molecule has 2 heterocycles. The van der Waals surface area contributed by atoms with Crippen LogP contribution in [0.3, 0.4) is 0 Å². The van der Waals surface area contributed by atoms with E-state index in [2.05, 4.69) is 30.9 Å². The van der Waals surface area contributed by atoms with Gasteiger partial charge < -0.3 is 5.73 Å². The van der Waals surface area contributed by atoms with Crippen LogP contribution in [0.4, 0.5) is 5.82 Å². The van der Waals surface area contributed by atoms with Crippen LogP contribution < -0.4 is 5.73 Å². The second-order valence-corrected chi connectivity index (χ2v) is 5.15. The Labute approximate surface area is 118 Å². The lowest BCUT2D eigenvalue weighted by Crippen LogP contribution is -1.96. The summed E-state index contributed by atoms with van der Waals surface area (Å²) in [6.07, 6.45) is 3.42. The first-order chi connectivity index (χ1) is 9.15. The number of nitrogens with two attached hydrogens (primary N) is 1. The predicted octanol–water partition coefficient (Wildman–Crippen LogP) is 3.34. The quantitative estimate of drug-likeness (QED) is 0.748. The van der Waals surface area contributed by atoms with E-state index in [9.17, 15) is 0 Å². The van der Waals surface area contributed by atoms with Gasteiger partial charge in [-0.25, -0.2) is 15.0 Å². The maximum absolute atomic E-state index is 5.85. The molecule has 0 bridgehead atoms. The molecule has 0 aliphatic carbocycles. The van der Waals surface area contributed by atoms with E-state index in [0.717, 1.165) is 15.4 Å². The number of nitrogen functional groups attached to an aromatic ring is 1. The summed E-state index contributed by atoms with van der Waals surface area (Å²) >= 11 is 3.51. The molecule has 0 aliphatic rings. The number of rotatable bonds is 1. The average Bonchev–Trinajstić information content (AvgIpc) is 2.42. The average molecular weight is 315 g/mol. The van der Waals surface area contributed by atoms with Gasteiger partial charge in [0.2, 0.25) is 0 Å². The molecule has 1 aromatic carbocycles. The molecule has 19 heavy (non-hydrogen) atoms. The lowest BCUT2D eigenvalue weighted by molar-refractivity contribution is 1.21. The molecule has 3 aromatic rings. The Kier molecular flexibility index (Phi) is 2.91. The molecule has 4 nitrogen and oxygen atoms in total. The Balaban J connectivity index is 2.20. The molecule has 0 spiro atoms. The van der Waals surface area contributed by atoms with E-state index in [4.69, 9.17) is 5.73 Å². The van der Waals surface area contributed by atoms with Crippen molar-refractivity contribution in [3.05, 3.63) is 46.7 Å². The smallest absolute Gasteiger partial charge is 0.159 e. The lowest BCUT2D eigenvalue weighted by Gasteiger charge is -2.05. The van der Waals surface area contributed by atoms with Crippen molar-refractivity contribution >= 4 is 32.7 Å². The fourth-order valence-corrected chi connectivity index (χ4v) is 2.23. The van der Waals surface area contributed by atoms with Gasteiger partial charge in [-0.15, -0.1) is 0 Å². The van der Waals surface area contributed by atoms with Crippen molar-refractivity contribution in [3.8, 4) is 11.4 Å². The first-order valence-electron chi connectivity index (χ1n) is 5.79. The topological polar surface area (TPSA) is 64.7 Å². The fraction of sp³-hybridized carbons (Fsp3) is 0.0714. The zero-order valence-corrected chi connectivity index (χ0v) is 11.8. The van der Waals surface area contributed by atoms with Crippen molar-refractivity contribution in [1.29, 1.82) is 0 Å². The molecule has 5 heteroatoms. The number of pyridine rings is 1. The molecule has 0 unspecified atom stereocenters. The van der Waals surface area contributed by atoms with Crippen molar-refractivity contribution in [3.63, 3.8) is 0 Å². The molecule has 94 valence electrons. The normalized spacial score (nSPS) is 10.8. The zero-order valence-electron chi connectivity index (χ0n) is 10.3. The van der Waals surface area contributed by atoms with E-state index in [0.29, 0.717) is 17.2 Å². The summed E-state index contributed by atoms with van der Waals surface area (Å²) in [6, 6.07) is 7.87. The summed E-state index contributed by atoms with van der Waals surface area (Å²) < 4.78 is 1.04. The largest absolute Gasteiger partial charge is 0.382 e. The van der Waals surface area contributed by atoms with Gasteiger partial charge in [0.25, 0.3) is 0 Å². The van der Waals surface area contributed by atoms with Gasteiger partial charge in [-0.3, -0.25) is 0 Å². The molecule has 0 fully saturated rings. The Bertz CT molecular complexity index is 770. The van der Waals surface area contributed by atoms with Crippen LogP contribution in [0.5, 0.6) is 0 Å². The standard InChI is InChI=1S/C14H11BrN4/c1-8-2-3-9(6-11(8)15)14-18-7-10-4-5-17-13(16)12(10)19-14/h2-7H,1H3,(H2,16,17). The van der Waals surface area contributed by atoms with Gasteiger partial charge in [0, 0.05) is 27.8 Å². The number of fused-ring (bicyclic) bond motifs is 1. The SMILES string of the molecule is Cc1ccc(-c2ncc3ccnc(N)c3n2)cc1Br. The Hall–Kier alpha value is -2.01. The summed E-state index contributed by atoms with van der Waals surface area (Å²) in [6.45, 7) is 2.04. The summed E-state index contributed by atoms with van der Waals surface area (Å²) in [5.74, 6) is 1.07. The Morgan fingerprint density at radius 1 is 1.16 bits per heavy atom. The van der Waals surface area contributed by atoms with Gasteiger partial charge in [-0.1, -0.05) is 28.1 Å². The second kappa shape index (κ2) is 4.59. The lowest BCUT2D eigenvalue weighted by atomic mass is 10.1. The zero-order chi connectivity index (χ0) is 13.4. The van der Waals surface area contributed by atoms with Crippen molar-refractivity contribution in [2.45, 2.75) is 6.92 Å². The number of aryl methyl sites for hydroxylation is 1. The summed E-state index contributed by atoms with van der Waals surface area (Å²) in [4.78, 5) is 12.9. The van der Waals surface area contributed by atoms with Crippen LogP contribution in [-0.2, 0) is 0 Å². The van der Waals surface area contributed by atoms with E-state index >= 15 is 0 Å². The summed E-state index contributed by atoms with van der Waals surface area (Å²) in [5.41, 5.74) is 8.65. The molecule has 0 aliphatic heterocycles. The first-order valence-corrected chi connectivity index (χ1v) is 6.58. The highest BCUT2D eigenvalue weighted by Crippen LogP contribution is 2.25. The van der Waals surface area contributed by atoms with Crippen LogP contribution in [-0.4, -0.2) is 15.0 Å². The van der Waals surface area contributed by atoms with Crippen LogP contribution in [0.1, 0.15) is 5.56 Å². The fourth-order valence-electron chi connectivity index (χ4n) is 1.85. The van der Waals surface area contributed by atoms with Crippen molar-refractivity contribution in [2.24, 2.45) is 0 Å². The van der Waals surface area contributed by atoms with E-state index in [1.165, 1.54) is 5.56 Å². The number of hydrogen-bond acceptors (Lipinski definition) is 4. The van der Waals surface area contributed by atoms with E-state index < -0.39 is 0 Å². The van der Waals surface area contributed by atoms with Gasteiger partial charge in [-0.2, -0.15) is 0 Å².